The summed E-state index contributed by atoms with van der Waals surface area (Å²) < 4.78 is 10.9. The molecule has 0 aliphatic carbocycles. The predicted octanol–water partition coefficient (Wildman–Crippen LogP) is 3.60. The van der Waals surface area contributed by atoms with Crippen LogP contribution in [0.1, 0.15) is 29.3 Å². The number of non-ortho nitro benzene ring substituents is 1. The van der Waals surface area contributed by atoms with Gasteiger partial charge in [-0.05, 0) is 25.1 Å². The molecule has 0 spiro atoms. The van der Waals surface area contributed by atoms with Gasteiger partial charge in [0.05, 0.1) is 10.5 Å². The van der Waals surface area contributed by atoms with Crippen molar-refractivity contribution in [2.75, 3.05) is 12.4 Å². The molecule has 9 nitrogen and oxygen atoms in total. The average Bonchev–Trinajstić information content (AvgIpc) is 3.18. The van der Waals surface area contributed by atoms with Gasteiger partial charge in [-0.15, -0.1) is 10.2 Å². The lowest BCUT2D eigenvalue weighted by molar-refractivity contribution is -0.384. The van der Waals surface area contributed by atoms with Crippen molar-refractivity contribution in [1.82, 2.24) is 10.2 Å². The summed E-state index contributed by atoms with van der Waals surface area (Å²) in [7, 11) is 1.60. The SMILES string of the molecule is CNc1ccc([N+](=O)[O-])cc1C(=O)O[C@H](C)c1nnc(-c2ccccc2)o1. The fraction of sp³-hybridized carbons (Fsp3) is 0.167. The number of aromatic nitrogens is 2. The number of nitrogens with one attached hydrogen (secondary N) is 1. The molecule has 0 fully saturated rings. The van der Waals surface area contributed by atoms with E-state index in [0.29, 0.717) is 11.6 Å². The average molecular weight is 368 g/mol. The first-order chi connectivity index (χ1) is 13.0. The van der Waals surface area contributed by atoms with E-state index in [4.69, 9.17) is 9.15 Å². The Balaban J connectivity index is 1.79. The zero-order valence-electron chi connectivity index (χ0n) is 14.6. The number of benzene rings is 2. The smallest absolute Gasteiger partial charge is 0.341 e. The molecule has 0 amide bonds. The summed E-state index contributed by atoms with van der Waals surface area (Å²) >= 11 is 0. The Labute approximate surface area is 154 Å². The molecule has 0 aliphatic heterocycles. The summed E-state index contributed by atoms with van der Waals surface area (Å²) in [5, 5.41) is 21.6. The normalized spacial score (nSPS) is 11.6. The van der Waals surface area contributed by atoms with Crippen molar-refractivity contribution < 1.29 is 18.9 Å². The first-order valence-electron chi connectivity index (χ1n) is 8.05. The second-order valence-corrected chi connectivity index (χ2v) is 5.60. The Hall–Kier alpha value is -3.75. The summed E-state index contributed by atoms with van der Waals surface area (Å²) in [5.41, 5.74) is 0.985. The van der Waals surface area contributed by atoms with Crippen molar-refractivity contribution in [3.63, 3.8) is 0 Å². The molecular weight excluding hydrogens is 352 g/mol. The Morgan fingerprint density at radius 3 is 2.63 bits per heavy atom. The van der Waals surface area contributed by atoms with Crippen LogP contribution in [0.2, 0.25) is 0 Å². The highest BCUT2D eigenvalue weighted by Crippen LogP contribution is 2.26. The second kappa shape index (κ2) is 7.65. The lowest BCUT2D eigenvalue weighted by Gasteiger charge is -2.12. The van der Waals surface area contributed by atoms with Crippen LogP contribution < -0.4 is 5.32 Å². The van der Waals surface area contributed by atoms with Crippen LogP contribution >= 0.6 is 0 Å². The van der Waals surface area contributed by atoms with E-state index >= 15 is 0 Å². The summed E-state index contributed by atoms with van der Waals surface area (Å²) in [6, 6.07) is 13.1. The van der Waals surface area contributed by atoms with Gasteiger partial charge in [0.1, 0.15) is 0 Å². The monoisotopic (exact) mass is 368 g/mol. The van der Waals surface area contributed by atoms with E-state index in [2.05, 4.69) is 15.5 Å². The minimum Gasteiger partial charge on any atom is -0.449 e. The number of hydrogen-bond acceptors (Lipinski definition) is 8. The molecule has 0 unspecified atom stereocenters. The highest BCUT2D eigenvalue weighted by molar-refractivity contribution is 5.96. The van der Waals surface area contributed by atoms with Crippen molar-refractivity contribution in [3.05, 3.63) is 70.1 Å². The quantitative estimate of drug-likeness (QED) is 0.398. The molecule has 1 N–H and O–H groups in total. The van der Waals surface area contributed by atoms with Gasteiger partial charge < -0.3 is 14.5 Å². The molecule has 9 heteroatoms. The van der Waals surface area contributed by atoms with Crippen LogP contribution in [-0.2, 0) is 4.74 Å². The van der Waals surface area contributed by atoms with Crippen LogP contribution in [0.4, 0.5) is 11.4 Å². The first kappa shape index (κ1) is 18.1. The molecule has 2 aromatic carbocycles. The number of carbonyl (C=O) groups excluding carboxylic acids is 1. The molecule has 27 heavy (non-hydrogen) atoms. The summed E-state index contributed by atoms with van der Waals surface area (Å²) in [5.74, 6) is -0.312. The number of esters is 1. The lowest BCUT2D eigenvalue weighted by atomic mass is 10.1. The van der Waals surface area contributed by atoms with Crippen LogP contribution in [0.3, 0.4) is 0 Å². The van der Waals surface area contributed by atoms with Gasteiger partial charge in [-0.1, -0.05) is 18.2 Å². The summed E-state index contributed by atoms with van der Waals surface area (Å²) in [6.07, 6.45) is -0.827. The molecule has 0 aliphatic rings. The second-order valence-electron chi connectivity index (χ2n) is 5.60. The number of nitro benzene ring substituents is 1. The summed E-state index contributed by atoms with van der Waals surface area (Å²) in [6.45, 7) is 1.58. The largest absolute Gasteiger partial charge is 0.449 e. The predicted molar refractivity (Wildman–Crippen MR) is 96.2 cm³/mol. The van der Waals surface area contributed by atoms with E-state index in [9.17, 15) is 14.9 Å². The number of nitrogens with zero attached hydrogens (tertiary/aromatic N) is 3. The number of anilines is 1. The number of carbonyl (C=O) groups is 1. The maximum absolute atomic E-state index is 12.5. The van der Waals surface area contributed by atoms with Crippen LogP contribution in [0.15, 0.2) is 52.9 Å². The number of nitro groups is 1. The third kappa shape index (κ3) is 3.92. The lowest BCUT2D eigenvalue weighted by Crippen LogP contribution is -2.12. The fourth-order valence-electron chi connectivity index (χ4n) is 2.40. The molecule has 0 radical (unpaired) electrons. The number of ether oxygens (including phenoxy) is 1. The molecule has 0 saturated heterocycles. The molecule has 1 atom stereocenters. The topological polar surface area (TPSA) is 120 Å². The van der Waals surface area contributed by atoms with Crippen LogP contribution in [0, 0.1) is 10.1 Å². The van der Waals surface area contributed by atoms with Gasteiger partial charge in [-0.3, -0.25) is 10.1 Å². The molecule has 1 heterocycles. The maximum Gasteiger partial charge on any atom is 0.341 e. The van der Waals surface area contributed by atoms with Gasteiger partial charge in [0, 0.05) is 30.4 Å². The van der Waals surface area contributed by atoms with Gasteiger partial charge in [-0.25, -0.2) is 4.79 Å². The summed E-state index contributed by atoms with van der Waals surface area (Å²) in [4.78, 5) is 22.9. The Morgan fingerprint density at radius 1 is 1.22 bits per heavy atom. The van der Waals surface area contributed by atoms with Crippen molar-refractivity contribution in [2.24, 2.45) is 0 Å². The van der Waals surface area contributed by atoms with E-state index < -0.39 is 17.0 Å². The van der Waals surface area contributed by atoms with Gasteiger partial charge >= 0.3 is 5.97 Å². The molecule has 0 saturated carbocycles. The van der Waals surface area contributed by atoms with Gasteiger partial charge in [0.25, 0.3) is 11.6 Å². The zero-order valence-corrected chi connectivity index (χ0v) is 14.6. The minimum absolute atomic E-state index is 0.0429. The third-order valence-corrected chi connectivity index (χ3v) is 3.80. The van der Waals surface area contributed by atoms with Crippen molar-refractivity contribution in [1.29, 1.82) is 0 Å². The van der Waals surface area contributed by atoms with Gasteiger partial charge in [0.15, 0.2) is 6.10 Å². The van der Waals surface area contributed by atoms with E-state index in [1.165, 1.54) is 12.1 Å². The van der Waals surface area contributed by atoms with E-state index in [0.717, 1.165) is 11.6 Å². The fourth-order valence-corrected chi connectivity index (χ4v) is 2.40. The van der Waals surface area contributed by atoms with Crippen molar-refractivity contribution >= 4 is 17.3 Å². The number of hydrogen-bond donors (Lipinski definition) is 1. The Kier molecular flexibility index (Phi) is 5.11. The van der Waals surface area contributed by atoms with Crippen molar-refractivity contribution in [3.8, 4) is 11.5 Å². The Bertz CT molecular complexity index is 971. The van der Waals surface area contributed by atoms with Gasteiger partial charge in [0.2, 0.25) is 5.89 Å². The molecular formula is C18H16N4O5. The van der Waals surface area contributed by atoms with E-state index in [1.807, 2.05) is 30.3 Å². The molecule has 3 aromatic rings. The zero-order chi connectivity index (χ0) is 19.4. The molecule has 1 aromatic heterocycles. The molecule has 138 valence electrons. The minimum atomic E-state index is -0.827. The maximum atomic E-state index is 12.5. The highest BCUT2D eigenvalue weighted by atomic mass is 16.6. The van der Waals surface area contributed by atoms with Crippen LogP contribution in [-0.4, -0.2) is 28.1 Å². The third-order valence-electron chi connectivity index (χ3n) is 3.80. The molecule has 3 rings (SSSR count). The highest BCUT2D eigenvalue weighted by Gasteiger charge is 2.23. The van der Waals surface area contributed by atoms with Crippen molar-refractivity contribution in [2.45, 2.75) is 13.0 Å². The van der Waals surface area contributed by atoms with Crippen LogP contribution in [0.25, 0.3) is 11.5 Å². The van der Waals surface area contributed by atoms with Crippen LogP contribution in [0.5, 0.6) is 0 Å². The first-order valence-corrected chi connectivity index (χ1v) is 8.05. The molecule has 0 bridgehead atoms. The van der Waals surface area contributed by atoms with E-state index in [-0.39, 0.29) is 17.1 Å². The van der Waals surface area contributed by atoms with E-state index in [1.54, 1.807) is 14.0 Å². The standard InChI is InChI=1S/C18H16N4O5/c1-11(16-20-21-17(27-16)12-6-4-3-5-7-12)26-18(23)14-10-13(22(24)25)8-9-15(14)19-2/h3-11,19H,1-2H3/t11-/m1/s1. The number of rotatable bonds is 6. The Morgan fingerprint density at radius 2 is 1.96 bits per heavy atom. The van der Waals surface area contributed by atoms with Gasteiger partial charge in [-0.2, -0.15) is 0 Å².